The SMILES string of the molecule is O=C(O)c1nc2ccc(Br)cc2o1. The molecule has 0 unspecified atom stereocenters. The van der Waals surface area contributed by atoms with Gasteiger partial charge in [-0.2, -0.15) is 0 Å². The van der Waals surface area contributed by atoms with Crippen molar-refractivity contribution in [3.05, 3.63) is 28.6 Å². The van der Waals surface area contributed by atoms with Crippen LogP contribution < -0.4 is 0 Å². The van der Waals surface area contributed by atoms with Crippen molar-refractivity contribution in [3.63, 3.8) is 0 Å². The highest BCUT2D eigenvalue weighted by Crippen LogP contribution is 2.20. The second-order valence-electron chi connectivity index (χ2n) is 2.44. The van der Waals surface area contributed by atoms with Crippen LogP contribution in [0.5, 0.6) is 0 Å². The Morgan fingerprint density at radius 2 is 2.31 bits per heavy atom. The summed E-state index contributed by atoms with van der Waals surface area (Å²) in [6, 6.07) is 5.14. The highest BCUT2D eigenvalue weighted by Gasteiger charge is 2.11. The van der Waals surface area contributed by atoms with E-state index in [4.69, 9.17) is 9.52 Å². The molecule has 0 aliphatic heterocycles. The first-order chi connectivity index (χ1) is 6.16. The maximum Gasteiger partial charge on any atom is 0.392 e. The van der Waals surface area contributed by atoms with Crippen LogP contribution in [0.4, 0.5) is 0 Å². The minimum absolute atomic E-state index is 0.284. The third kappa shape index (κ3) is 1.42. The van der Waals surface area contributed by atoms with Crippen molar-refractivity contribution in [2.24, 2.45) is 0 Å². The number of carboxylic acid groups (broad SMARTS) is 1. The molecule has 0 amide bonds. The van der Waals surface area contributed by atoms with Crippen LogP contribution in [-0.4, -0.2) is 16.1 Å². The molecule has 1 aromatic carbocycles. The smallest absolute Gasteiger partial charge is 0.392 e. The number of carboxylic acids is 1. The van der Waals surface area contributed by atoms with Gasteiger partial charge < -0.3 is 9.52 Å². The predicted molar refractivity (Wildman–Crippen MR) is 48.7 cm³/mol. The number of carbonyl (C=O) groups is 1. The Balaban J connectivity index is 2.68. The molecule has 0 spiro atoms. The molecule has 1 aromatic heterocycles. The number of aromatic nitrogens is 1. The van der Waals surface area contributed by atoms with Crippen molar-refractivity contribution in [1.29, 1.82) is 0 Å². The molecule has 2 rings (SSSR count). The van der Waals surface area contributed by atoms with Crippen molar-refractivity contribution >= 4 is 33.0 Å². The summed E-state index contributed by atoms with van der Waals surface area (Å²) in [5, 5.41) is 8.59. The molecule has 0 fully saturated rings. The van der Waals surface area contributed by atoms with E-state index in [2.05, 4.69) is 20.9 Å². The second-order valence-corrected chi connectivity index (χ2v) is 3.35. The van der Waals surface area contributed by atoms with Gasteiger partial charge in [-0.1, -0.05) is 15.9 Å². The van der Waals surface area contributed by atoms with Gasteiger partial charge in [0.2, 0.25) is 0 Å². The summed E-state index contributed by atoms with van der Waals surface area (Å²) in [5.74, 6) is -1.44. The first-order valence-electron chi connectivity index (χ1n) is 3.46. The summed E-state index contributed by atoms with van der Waals surface area (Å²) in [5.41, 5.74) is 1.01. The fourth-order valence-corrected chi connectivity index (χ4v) is 1.33. The van der Waals surface area contributed by atoms with Gasteiger partial charge in [0.25, 0.3) is 0 Å². The number of hydrogen-bond donors (Lipinski definition) is 1. The number of rotatable bonds is 1. The predicted octanol–water partition coefficient (Wildman–Crippen LogP) is 2.29. The van der Waals surface area contributed by atoms with E-state index in [1.807, 2.05) is 0 Å². The average Bonchev–Trinajstić information content (AvgIpc) is 2.46. The lowest BCUT2D eigenvalue weighted by molar-refractivity contribution is 0.0656. The first-order valence-corrected chi connectivity index (χ1v) is 4.25. The maximum atomic E-state index is 10.5. The number of nitrogens with zero attached hydrogens (tertiary/aromatic N) is 1. The normalized spacial score (nSPS) is 10.5. The van der Waals surface area contributed by atoms with E-state index in [0.717, 1.165) is 4.47 Å². The van der Waals surface area contributed by atoms with Gasteiger partial charge in [-0.3, -0.25) is 0 Å². The van der Waals surface area contributed by atoms with E-state index in [0.29, 0.717) is 11.1 Å². The molecular formula is C8H4BrNO3. The monoisotopic (exact) mass is 241 g/mol. The summed E-state index contributed by atoms with van der Waals surface area (Å²) >= 11 is 3.24. The van der Waals surface area contributed by atoms with Crippen LogP contribution in [0, 0.1) is 0 Å². The number of aromatic carboxylic acids is 1. The Labute approximate surface area is 81.3 Å². The zero-order valence-electron chi connectivity index (χ0n) is 6.32. The van der Waals surface area contributed by atoms with Crippen molar-refractivity contribution in [2.45, 2.75) is 0 Å². The van der Waals surface area contributed by atoms with Crippen LogP contribution in [0.3, 0.4) is 0 Å². The molecule has 2 aromatic rings. The van der Waals surface area contributed by atoms with Crippen molar-refractivity contribution in [2.75, 3.05) is 0 Å². The van der Waals surface area contributed by atoms with Gasteiger partial charge in [0.05, 0.1) is 0 Å². The molecule has 0 atom stereocenters. The van der Waals surface area contributed by atoms with Crippen molar-refractivity contribution < 1.29 is 14.3 Å². The van der Waals surface area contributed by atoms with E-state index in [9.17, 15) is 4.79 Å². The molecule has 0 aliphatic rings. The summed E-state index contributed by atoms with van der Waals surface area (Å²) in [6.45, 7) is 0. The molecular weight excluding hydrogens is 238 g/mol. The van der Waals surface area contributed by atoms with Crippen LogP contribution >= 0.6 is 15.9 Å². The van der Waals surface area contributed by atoms with Crippen LogP contribution in [0.1, 0.15) is 10.7 Å². The van der Waals surface area contributed by atoms with Gasteiger partial charge in [-0.05, 0) is 18.2 Å². The third-order valence-corrected chi connectivity index (χ3v) is 2.03. The average molecular weight is 242 g/mol. The van der Waals surface area contributed by atoms with Crippen molar-refractivity contribution in [3.8, 4) is 0 Å². The first kappa shape index (κ1) is 8.25. The molecule has 0 saturated heterocycles. The molecule has 5 heteroatoms. The maximum absolute atomic E-state index is 10.5. The van der Waals surface area contributed by atoms with Crippen LogP contribution in [0.15, 0.2) is 27.1 Å². The van der Waals surface area contributed by atoms with Crippen molar-refractivity contribution in [1.82, 2.24) is 4.98 Å². The summed E-state index contributed by atoms with van der Waals surface area (Å²) in [7, 11) is 0. The van der Waals surface area contributed by atoms with Gasteiger partial charge >= 0.3 is 11.9 Å². The summed E-state index contributed by atoms with van der Waals surface area (Å²) < 4.78 is 5.80. The lowest BCUT2D eigenvalue weighted by Crippen LogP contribution is -1.94. The van der Waals surface area contributed by atoms with E-state index >= 15 is 0 Å². The quantitative estimate of drug-likeness (QED) is 0.833. The highest BCUT2D eigenvalue weighted by molar-refractivity contribution is 9.10. The Kier molecular flexibility index (Phi) is 1.81. The fraction of sp³-hybridized carbons (Fsp3) is 0. The second kappa shape index (κ2) is 2.85. The van der Waals surface area contributed by atoms with Gasteiger partial charge in [0.15, 0.2) is 5.58 Å². The number of fused-ring (bicyclic) bond motifs is 1. The van der Waals surface area contributed by atoms with E-state index < -0.39 is 5.97 Å². The molecule has 0 saturated carbocycles. The Hall–Kier alpha value is -1.36. The van der Waals surface area contributed by atoms with E-state index in [1.165, 1.54) is 0 Å². The topological polar surface area (TPSA) is 63.3 Å². The standard InChI is InChI=1S/C8H4BrNO3/c9-4-1-2-5-6(3-4)13-7(10-5)8(11)12/h1-3H,(H,11,12). The molecule has 4 nitrogen and oxygen atoms in total. The number of halogens is 1. The molecule has 1 heterocycles. The molecule has 13 heavy (non-hydrogen) atoms. The third-order valence-electron chi connectivity index (χ3n) is 1.53. The lowest BCUT2D eigenvalue weighted by atomic mass is 10.3. The van der Waals surface area contributed by atoms with Crippen LogP contribution in [0.2, 0.25) is 0 Å². The van der Waals surface area contributed by atoms with Gasteiger partial charge in [0.1, 0.15) is 5.52 Å². The summed E-state index contributed by atoms with van der Waals surface area (Å²) in [4.78, 5) is 14.3. The Morgan fingerprint density at radius 1 is 1.54 bits per heavy atom. The minimum Gasteiger partial charge on any atom is -0.474 e. The Morgan fingerprint density at radius 3 is 3.00 bits per heavy atom. The molecule has 0 radical (unpaired) electrons. The van der Waals surface area contributed by atoms with Crippen LogP contribution in [-0.2, 0) is 0 Å². The number of hydrogen-bond acceptors (Lipinski definition) is 3. The molecule has 66 valence electrons. The van der Waals surface area contributed by atoms with Gasteiger partial charge in [-0.25, -0.2) is 9.78 Å². The Bertz CT molecular complexity index is 477. The molecule has 1 N–H and O–H groups in total. The highest BCUT2D eigenvalue weighted by atomic mass is 79.9. The zero-order valence-corrected chi connectivity index (χ0v) is 7.91. The molecule has 0 aliphatic carbocycles. The zero-order chi connectivity index (χ0) is 9.42. The molecule has 0 bridgehead atoms. The van der Waals surface area contributed by atoms with Crippen LogP contribution in [0.25, 0.3) is 11.1 Å². The van der Waals surface area contributed by atoms with E-state index in [1.54, 1.807) is 18.2 Å². The van der Waals surface area contributed by atoms with Gasteiger partial charge in [0, 0.05) is 4.47 Å². The van der Waals surface area contributed by atoms with E-state index in [-0.39, 0.29) is 5.89 Å². The van der Waals surface area contributed by atoms with Gasteiger partial charge in [-0.15, -0.1) is 0 Å². The lowest BCUT2D eigenvalue weighted by Gasteiger charge is -1.86. The fourth-order valence-electron chi connectivity index (χ4n) is 0.990. The minimum atomic E-state index is -1.16. The largest absolute Gasteiger partial charge is 0.474 e. The number of benzene rings is 1. The number of oxazole rings is 1. The summed E-state index contributed by atoms with van der Waals surface area (Å²) in [6.07, 6.45) is 0.